The summed E-state index contributed by atoms with van der Waals surface area (Å²) in [5.41, 5.74) is -0.0209. The molecule has 1 saturated heterocycles. The highest BCUT2D eigenvalue weighted by Gasteiger charge is 2.50. The number of nitrogens with zero attached hydrogens (tertiary/aromatic N) is 1. The first-order valence-electron chi connectivity index (χ1n) is 8.26. The molecule has 2 aromatic rings. The van der Waals surface area contributed by atoms with E-state index in [1.165, 1.54) is 11.8 Å². The van der Waals surface area contributed by atoms with Gasteiger partial charge in [0.15, 0.2) is 15.7 Å². The molecule has 0 bridgehead atoms. The number of Topliss-reactive ketones (excluding diaryl/α,β-unsaturated/α-hetero) is 1. The summed E-state index contributed by atoms with van der Waals surface area (Å²) in [6.07, 6.45) is 3.27. The van der Waals surface area contributed by atoms with Crippen molar-refractivity contribution < 1.29 is 14.3 Å². The number of fused-ring (bicyclic) bond motifs is 1. The van der Waals surface area contributed by atoms with E-state index in [0.29, 0.717) is 6.42 Å². The highest BCUT2D eigenvalue weighted by molar-refractivity contribution is 8.01. The molecule has 1 fully saturated rings. The molecule has 0 aliphatic carbocycles. The summed E-state index contributed by atoms with van der Waals surface area (Å²) in [5, 5.41) is 0. The van der Waals surface area contributed by atoms with Crippen molar-refractivity contribution in [2.24, 2.45) is 5.92 Å². The number of cyclic esters (lactones) is 1. The molecule has 1 aliphatic rings. The van der Waals surface area contributed by atoms with Crippen LogP contribution in [-0.2, 0) is 14.3 Å². The molecule has 2 atom stereocenters. The summed E-state index contributed by atoms with van der Waals surface area (Å²) in [6.45, 7) is 3.89. The molecule has 1 aromatic carbocycles. The fraction of sp³-hybridized carbons (Fsp3) is 0.500. The van der Waals surface area contributed by atoms with Crippen LogP contribution in [0.5, 0.6) is 0 Å². The molecular weight excluding hydrogens is 342 g/mol. The number of para-hydroxylation sites is 1. The third-order valence-corrected chi connectivity index (χ3v) is 6.76. The van der Waals surface area contributed by atoms with Crippen LogP contribution in [-0.4, -0.2) is 28.1 Å². The van der Waals surface area contributed by atoms with Gasteiger partial charge in [0.1, 0.15) is 0 Å². The Morgan fingerprint density at radius 1 is 1.46 bits per heavy atom. The number of benzene rings is 1. The van der Waals surface area contributed by atoms with Gasteiger partial charge in [0.25, 0.3) is 0 Å². The van der Waals surface area contributed by atoms with Crippen molar-refractivity contribution in [2.75, 3.05) is 5.75 Å². The van der Waals surface area contributed by atoms with E-state index in [1.807, 2.05) is 24.3 Å². The van der Waals surface area contributed by atoms with Gasteiger partial charge in [-0.05, 0) is 25.5 Å². The number of ether oxygens (including phenoxy) is 1. The van der Waals surface area contributed by atoms with Crippen LogP contribution < -0.4 is 0 Å². The number of esters is 1. The Morgan fingerprint density at radius 2 is 2.25 bits per heavy atom. The zero-order valence-electron chi connectivity index (χ0n) is 13.9. The number of aromatic nitrogens is 1. The number of thioether (sulfide) groups is 1. The quantitative estimate of drug-likeness (QED) is 0.537. The number of carbonyl (C=O) groups excluding carboxylic acids is 2. The predicted octanol–water partition coefficient (Wildman–Crippen LogP) is 4.47. The lowest BCUT2D eigenvalue weighted by atomic mass is 9.82. The molecule has 0 amide bonds. The van der Waals surface area contributed by atoms with E-state index < -0.39 is 5.60 Å². The molecule has 2 heterocycles. The van der Waals surface area contributed by atoms with Crippen LogP contribution in [0.3, 0.4) is 0 Å². The Kier molecular flexibility index (Phi) is 5.25. The number of hydrogen-bond acceptors (Lipinski definition) is 6. The third kappa shape index (κ3) is 3.49. The van der Waals surface area contributed by atoms with E-state index in [1.54, 1.807) is 18.3 Å². The second-order valence-corrected chi connectivity index (χ2v) is 8.54. The van der Waals surface area contributed by atoms with Crippen molar-refractivity contribution in [1.82, 2.24) is 4.98 Å². The average Bonchev–Trinajstić information content (AvgIpc) is 3.11. The lowest BCUT2D eigenvalue weighted by molar-refractivity contribution is -0.156. The molecule has 1 aliphatic heterocycles. The number of ketones is 1. The van der Waals surface area contributed by atoms with Crippen molar-refractivity contribution >= 4 is 45.1 Å². The highest BCUT2D eigenvalue weighted by atomic mass is 32.2. The Hall–Kier alpha value is -1.40. The number of rotatable bonds is 7. The normalized spacial score (nSPS) is 23.6. The van der Waals surface area contributed by atoms with E-state index in [0.717, 1.165) is 33.8 Å². The number of unbranched alkanes of at least 4 members (excludes halogenated alkanes) is 1. The van der Waals surface area contributed by atoms with Gasteiger partial charge in [0, 0.05) is 5.92 Å². The van der Waals surface area contributed by atoms with Gasteiger partial charge in [-0.15, -0.1) is 11.3 Å². The number of thiazole rings is 1. The maximum atomic E-state index is 12.8. The van der Waals surface area contributed by atoms with Crippen LogP contribution >= 0.6 is 23.1 Å². The first-order chi connectivity index (χ1) is 11.5. The first-order valence-corrected chi connectivity index (χ1v) is 10.1. The largest absolute Gasteiger partial charge is 0.451 e. The van der Waals surface area contributed by atoms with Crippen molar-refractivity contribution in [3.05, 3.63) is 24.3 Å². The Bertz CT molecular complexity index is 725. The number of hydrogen-bond donors (Lipinski definition) is 0. The van der Waals surface area contributed by atoms with Gasteiger partial charge in [-0.2, -0.15) is 0 Å². The summed E-state index contributed by atoms with van der Waals surface area (Å²) in [5.74, 6) is 0.00994. The summed E-state index contributed by atoms with van der Waals surface area (Å²) < 4.78 is 7.44. The van der Waals surface area contributed by atoms with Gasteiger partial charge in [0.2, 0.25) is 0 Å². The van der Waals surface area contributed by atoms with Crippen LogP contribution in [0.1, 0.15) is 39.5 Å². The molecule has 0 N–H and O–H groups in total. The third-order valence-electron chi connectivity index (χ3n) is 4.58. The fourth-order valence-electron chi connectivity index (χ4n) is 3.05. The van der Waals surface area contributed by atoms with Crippen LogP contribution in [0.2, 0.25) is 0 Å². The minimum absolute atomic E-state index is 0.00610. The molecule has 3 rings (SSSR count). The van der Waals surface area contributed by atoms with Gasteiger partial charge < -0.3 is 4.74 Å². The van der Waals surface area contributed by atoms with Crippen molar-refractivity contribution in [2.45, 2.75) is 49.5 Å². The van der Waals surface area contributed by atoms with Crippen molar-refractivity contribution in [3.63, 3.8) is 0 Å². The monoisotopic (exact) mass is 363 g/mol. The predicted molar refractivity (Wildman–Crippen MR) is 97.5 cm³/mol. The fourth-order valence-corrected chi connectivity index (χ4v) is 5.14. The second kappa shape index (κ2) is 7.23. The van der Waals surface area contributed by atoms with E-state index in [-0.39, 0.29) is 23.4 Å². The number of carbonyl (C=O) groups is 2. The van der Waals surface area contributed by atoms with Crippen LogP contribution in [0, 0.1) is 5.92 Å². The summed E-state index contributed by atoms with van der Waals surface area (Å²) in [4.78, 5) is 29.0. The van der Waals surface area contributed by atoms with E-state index in [9.17, 15) is 9.59 Å². The van der Waals surface area contributed by atoms with Gasteiger partial charge in [0.05, 0.1) is 22.4 Å². The lowest BCUT2D eigenvalue weighted by Crippen LogP contribution is -2.42. The zero-order valence-corrected chi connectivity index (χ0v) is 15.5. The second-order valence-electron chi connectivity index (χ2n) is 6.28. The Labute approximate surface area is 150 Å². The molecule has 0 spiro atoms. The van der Waals surface area contributed by atoms with Crippen molar-refractivity contribution in [1.29, 1.82) is 0 Å². The van der Waals surface area contributed by atoms with Gasteiger partial charge in [-0.1, -0.05) is 43.7 Å². The summed E-state index contributed by atoms with van der Waals surface area (Å²) in [6, 6.07) is 7.94. The average molecular weight is 364 g/mol. The molecular formula is C18H21NO3S2. The highest BCUT2D eigenvalue weighted by Crippen LogP contribution is 2.39. The first kappa shape index (κ1) is 17.4. The summed E-state index contributed by atoms with van der Waals surface area (Å²) in [7, 11) is 0. The van der Waals surface area contributed by atoms with Gasteiger partial charge in [-0.3, -0.25) is 9.59 Å². The van der Waals surface area contributed by atoms with E-state index in [4.69, 9.17) is 4.74 Å². The Balaban J connectivity index is 1.67. The smallest absolute Gasteiger partial charge is 0.307 e. The van der Waals surface area contributed by atoms with Crippen LogP contribution in [0.25, 0.3) is 10.2 Å². The van der Waals surface area contributed by atoms with Crippen LogP contribution in [0.15, 0.2) is 28.6 Å². The lowest BCUT2D eigenvalue weighted by Gasteiger charge is -2.27. The molecule has 0 saturated carbocycles. The maximum absolute atomic E-state index is 12.8. The molecule has 2 unspecified atom stereocenters. The minimum atomic E-state index is -0.976. The van der Waals surface area contributed by atoms with Crippen molar-refractivity contribution in [3.8, 4) is 0 Å². The zero-order chi connectivity index (χ0) is 17.2. The standard InChI is InChI=1S/C18H21NO3S2/c1-3-4-7-12-10-16(21)22-18(12,2)15(20)11-23-17-19-13-8-5-6-9-14(13)24-17/h5-6,8-9,12H,3-4,7,10-11H2,1-2H3. The molecule has 128 valence electrons. The van der Waals surface area contributed by atoms with E-state index in [2.05, 4.69) is 11.9 Å². The topological polar surface area (TPSA) is 56.3 Å². The maximum Gasteiger partial charge on any atom is 0.307 e. The van der Waals surface area contributed by atoms with Gasteiger partial charge >= 0.3 is 5.97 Å². The van der Waals surface area contributed by atoms with Crippen LogP contribution in [0.4, 0.5) is 0 Å². The minimum Gasteiger partial charge on any atom is -0.451 e. The molecule has 0 radical (unpaired) electrons. The summed E-state index contributed by atoms with van der Waals surface area (Å²) >= 11 is 3.02. The molecule has 6 heteroatoms. The molecule has 4 nitrogen and oxygen atoms in total. The van der Waals surface area contributed by atoms with Gasteiger partial charge in [-0.25, -0.2) is 4.98 Å². The SMILES string of the molecule is CCCCC1CC(=O)OC1(C)C(=O)CSc1nc2ccccc2s1. The van der Waals surface area contributed by atoms with E-state index >= 15 is 0 Å². The Morgan fingerprint density at radius 3 is 3.00 bits per heavy atom. The molecule has 1 aromatic heterocycles. The molecule has 24 heavy (non-hydrogen) atoms.